The third-order valence-electron chi connectivity index (χ3n) is 2.86. The van der Waals surface area contributed by atoms with Crippen LogP contribution in [0.4, 0.5) is 5.69 Å². The van der Waals surface area contributed by atoms with Crippen molar-refractivity contribution in [1.29, 1.82) is 0 Å². The molecule has 0 bridgehead atoms. The van der Waals surface area contributed by atoms with Gasteiger partial charge in [-0.1, -0.05) is 42.5 Å². The van der Waals surface area contributed by atoms with Crippen LogP contribution in [-0.4, -0.2) is 18.7 Å². The number of benzene rings is 2. The molecule has 0 atom stereocenters. The lowest BCUT2D eigenvalue weighted by Gasteiger charge is -2.06. The molecule has 102 valence electrons. The van der Waals surface area contributed by atoms with Gasteiger partial charge in [0.25, 0.3) is 0 Å². The molecule has 0 aliphatic carbocycles. The van der Waals surface area contributed by atoms with Gasteiger partial charge in [0.1, 0.15) is 0 Å². The molecule has 20 heavy (non-hydrogen) atoms. The van der Waals surface area contributed by atoms with Crippen LogP contribution in [0.2, 0.25) is 0 Å². The number of nitrogens with one attached hydrogen (secondary N) is 2. The topological polar surface area (TPSA) is 58.2 Å². The molecule has 1 amide bonds. The minimum atomic E-state index is 0.0628. The molecular weight excluding hydrogens is 252 g/mol. The summed E-state index contributed by atoms with van der Waals surface area (Å²) in [7, 11) is 0. The molecule has 0 aromatic heterocycles. The van der Waals surface area contributed by atoms with Crippen molar-refractivity contribution in [2.45, 2.75) is 6.54 Å². The maximum Gasteiger partial charge on any atom is 0.211 e. The van der Waals surface area contributed by atoms with E-state index in [1.807, 2.05) is 42.5 Å². The summed E-state index contributed by atoms with van der Waals surface area (Å²) >= 11 is 0. The van der Waals surface area contributed by atoms with Crippen LogP contribution in [0.1, 0.15) is 15.9 Å². The van der Waals surface area contributed by atoms with Gasteiger partial charge in [0, 0.05) is 17.8 Å². The van der Waals surface area contributed by atoms with Gasteiger partial charge in [-0.05, 0) is 17.7 Å². The van der Waals surface area contributed by atoms with Crippen LogP contribution >= 0.6 is 0 Å². The molecule has 0 unspecified atom stereocenters. The zero-order chi connectivity index (χ0) is 14.2. The minimum absolute atomic E-state index is 0.0628. The van der Waals surface area contributed by atoms with Crippen LogP contribution in [0.15, 0.2) is 54.6 Å². The number of ketones is 1. The van der Waals surface area contributed by atoms with Crippen LogP contribution in [0.5, 0.6) is 0 Å². The van der Waals surface area contributed by atoms with Crippen molar-refractivity contribution in [2.24, 2.45) is 0 Å². The fraction of sp³-hybridized carbons (Fsp3) is 0.125. The van der Waals surface area contributed by atoms with Gasteiger partial charge in [-0.15, -0.1) is 0 Å². The Morgan fingerprint density at radius 2 is 1.85 bits per heavy atom. The van der Waals surface area contributed by atoms with Crippen molar-refractivity contribution >= 4 is 17.9 Å². The molecule has 0 saturated heterocycles. The highest BCUT2D eigenvalue weighted by Gasteiger charge is 2.04. The van der Waals surface area contributed by atoms with Crippen LogP contribution in [0.3, 0.4) is 0 Å². The lowest BCUT2D eigenvalue weighted by atomic mass is 10.1. The summed E-state index contributed by atoms with van der Waals surface area (Å²) in [5.41, 5.74) is 2.46. The highest BCUT2D eigenvalue weighted by molar-refractivity contribution is 5.97. The number of hydrogen-bond donors (Lipinski definition) is 2. The van der Waals surface area contributed by atoms with Crippen molar-refractivity contribution < 1.29 is 9.59 Å². The monoisotopic (exact) mass is 268 g/mol. The Morgan fingerprint density at radius 3 is 2.60 bits per heavy atom. The summed E-state index contributed by atoms with van der Waals surface area (Å²) in [6.07, 6.45) is 0.644. The van der Waals surface area contributed by atoms with E-state index in [9.17, 15) is 9.59 Å². The summed E-state index contributed by atoms with van der Waals surface area (Å²) in [6.45, 7) is 0.863. The molecule has 0 aliphatic heterocycles. The largest absolute Gasteiger partial charge is 0.329 e. The molecule has 0 fully saturated rings. The molecule has 0 aliphatic rings. The van der Waals surface area contributed by atoms with Gasteiger partial charge in [0.15, 0.2) is 5.78 Å². The van der Waals surface area contributed by atoms with E-state index in [-0.39, 0.29) is 12.3 Å². The van der Waals surface area contributed by atoms with Crippen LogP contribution in [0.25, 0.3) is 0 Å². The number of anilines is 1. The average Bonchev–Trinajstić information content (AvgIpc) is 2.49. The van der Waals surface area contributed by atoms with E-state index in [0.29, 0.717) is 18.5 Å². The van der Waals surface area contributed by atoms with Crippen LogP contribution in [0, 0.1) is 0 Å². The van der Waals surface area contributed by atoms with E-state index < -0.39 is 0 Å². The van der Waals surface area contributed by atoms with E-state index in [0.717, 1.165) is 11.3 Å². The lowest BCUT2D eigenvalue weighted by Crippen LogP contribution is -2.22. The highest BCUT2D eigenvalue weighted by Crippen LogP contribution is 2.09. The van der Waals surface area contributed by atoms with E-state index in [1.54, 1.807) is 12.1 Å². The standard InChI is InChI=1S/C16H16N2O2/c19-12-18-15-8-4-5-13(9-15)10-17-11-16(20)14-6-2-1-3-7-14/h1-9,12,17H,10-11H2,(H,18,19). The molecule has 0 heterocycles. The Bertz CT molecular complexity index is 582. The number of carbonyl (C=O) groups is 2. The summed E-state index contributed by atoms with van der Waals surface area (Å²) in [5.74, 6) is 0.0628. The first-order valence-corrected chi connectivity index (χ1v) is 6.37. The van der Waals surface area contributed by atoms with Gasteiger partial charge in [0.2, 0.25) is 6.41 Å². The lowest BCUT2D eigenvalue weighted by molar-refractivity contribution is -0.105. The fourth-order valence-electron chi connectivity index (χ4n) is 1.89. The SMILES string of the molecule is O=CNc1cccc(CNCC(=O)c2ccccc2)c1. The number of rotatable bonds is 7. The van der Waals surface area contributed by atoms with Gasteiger partial charge in [-0.2, -0.15) is 0 Å². The number of hydrogen-bond acceptors (Lipinski definition) is 3. The van der Waals surface area contributed by atoms with Gasteiger partial charge in [-0.3, -0.25) is 9.59 Å². The minimum Gasteiger partial charge on any atom is -0.329 e. The Morgan fingerprint density at radius 1 is 1.05 bits per heavy atom. The van der Waals surface area contributed by atoms with Crippen molar-refractivity contribution in [3.8, 4) is 0 Å². The Kier molecular flexibility index (Phi) is 5.03. The van der Waals surface area contributed by atoms with Gasteiger partial charge >= 0.3 is 0 Å². The molecule has 4 heteroatoms. The van der Waals surface area contributed by atoms with Crippen molar-refractivity contribution in [3.05, 3.63) is 65.7 Å². The molecule has 2 N–H and O–H groups in total. The third-order valence-corrected chi connectivity index (χ3v) is 2.86. The second-order valence-corrected chi connectivity index (χ2v) is 4.36. The molecular formula is C16H16N2O2. The second-order valence-electron chi connectivity index (χ2n) is 4.36. The van der Waals surface area contributed by atoms with Crippen molar-refractivity contribution in [1.82, 2.24) is 5.32 Å². The quantitative estimate of drug-likeness (QED) is 0.598. The van der Waals surface area contributed by atoms with Crippen molar-refractivity contribution in [3.63, 3.8) is 0 Å². The zero-order valence-corrected chi connectivity index (χ0v) is 11.0. The molecule has 2 aromatic rings. The molecule has 2 rings (SSSR count). The van der Waals surface area contributed by atoms with E-state index in [1.165, 1.54) is 0 Å². The smallest absolute Gasteiger partial charge is 0.211 e. The predicted octanol–water partition coefficient (Wildman–Crippen LogP) is 2.23. The average molecular weight is 268 g/mol. The predicted molar refractivity (Wildman–Crippen MR) is 78.6 cm³/mol. The molecule has 2 aromatic carbocycles. The summed E-state index contributed by atoms with van der Waals surface area (Å²) in [4.78, 5) is 22.3. The summed E-state index contributed by atoms with van der Waals surface area (Å²) in [6, 6.07) is 16.7. The molecule has 0 saturated carbocycles. The zero-order valence-electron chi connectivity index (χ0n) is 11.0. The first-order valence-electron chi connectivity index (χ1n) is 6.37. The number of carbonyl (C=O) groups excluding carboxylic acids is 2. The molecule has 4 nitrogen and oxygen atoms in total. The van der Waals surface area contributed by atoms with Crippen molar-refractivity contribution in [2.75, 3.05) is 11.9 Å². The summed E-state index contributed by atoms with van der Waals surface area (Å²) < 4.78 is 0. The second kappa shape index (κ2) is 7.21. The highest BCUT2D eigenvalue weighted by atomic mass is 16.1. The first-order chi connectivity index (χ1) is 9.79. The van der Waals surface area contributed by atoms with Gasteiger partial charge in [-0.25, -0.2) is 0 Å². The number of amides is 1. The first kappa shape index (κ1) is 14.0. The van der Waals surface area contributed by atoms with Gasteiger partial charge < -0.3 is 10.6 Å². The van der Waals surface area contributed by atoms with E-state index in [4.69, 9.17) is 0 Å². The Labute approximate surface area is 117 Å². The van der Waals surface area contributed by atoms with Crippen LogP contribution in [-0.2, 0) is 11.3 Å². The number of Topliss-reactive ketones (excluding diaryl/α,β-unsaturated/α-hetero) is 1. The van der Waals surface area contributed by atoms with E-state index >= 15 is 0 Å². The normalized spacial score (nSPS) is 10.0. The maximum atomic E-state index is 11.9. The third kappa shape index (κ3) is 4.03. The Hall–Kier alpha value is -2.46. The van der Waals surface area contributed by atoms with E-state index in [2.05, 4.69) is 10.6 Å². The fourth-order valence-corrected chi connectivity index (χ4v) is 1.89. The molecule has 0 spiro atoms. The maximum absolute atomic E-state index is 11.9. The Balaban J connectivity index is 1.85. The summed E-state index contributed by atoms with van der Waals surface area (Å²) in [5, 5.41) is 5.70. The molecule has 0 radical (unpaired) electrons. The van der Waals surface area contributed by atoms with Crippen LogP contribution < -0.4 is 10.6 Å². The van der Waals surface area contributed by atoms with Gasteiger partial charge in [0.05, 0.1) is 6.54 Å².